The van der Waals surface area contributed by atoms with Crippen LogP contribution in [-0.2, 0) is 4.79 Å². The molecule has 0 aromatic rings. The maximum Gasteiger partial charge on any atom is 2.00 e. The van der Waals surface area contributed by atoms with E-state index in [4.69, 9.17) is 0 Å². The van der Waals surface area contributed by atoms with Gasteiger partial charge in [-0.2, -0.15) is 0 Å². The first kappa shape index (κ1) is 11.7. The van der Waals surface area contributed by atoms with Gasteiger partial charge in [0.05, 0.1) is 6.04 Å². The van der Waals surface area contributed by atoms with Crippen LogP contribution in [-0.4, -0.2) is 35.2 Å². The second kappa shape index (κ2) is 7.89. The number of isocyanates is 1. The first-order chi connectivity index (χ1) is 3.81. The molecule has 2 nitrogen and oxygen atoms in total. The summed E-state index contributed by atoms with van der Waals surface area (Å²) >= 11 is 0. The maximum absolute atomic E-state index is 9.56. The van der Waals surface area contributed by atoms with Gasteiger partial charge in [-0.25, -0.2) is 9.79 Å². The van der Waals surface area contributed by atoms with Crippen molar-refractivity contribution in [1.82, 2.24) is 0 Å². The van der Waals surface area contributed by atoms with Crippen LogP contribution in [0.3, 0.4) is 0 Å². The van der Waals surface area contributed by atoms with Crippen molar-refractivity contribution < 1.29 is 7.65 Å². The molecule has 0 N–H and O–H groups in total. The molecule has 0 fully saturated rings. The third kappa shape index (κ3) is 7.89. The number of hydrogen-bond acceptors (Lipinski definition) is 2. The Labute approximate surface area is 74.2 Å². The molecule has 0 aromatic carbocycles. The van der Waals surface area contributed by atoms with Gasteiger partial charge >= 0.3 is 23.1 Å². The van der Waals surface area contributed by atoms with Gasteiger partial charge in [-0.1, -0.05) is 6.08 Å². The van der Waals surface area contributed by atoms with E-state index in [9.17, 15) is 4.79 Å². The van der Waals surface area contributed by atoms with Gasteiger partial charge in [0.25, 0.3) is 0 Å². The first-order valence-corrected chi connectivity index (χ1v) is 2.49. The summed E-state index contributed by atoms with van der Waals surface area (Å²) < 4.78 is 0. The van der Waals surface area contributed by atoms with Crippen LogP contribution in [0.2, 0.25) is 0 Å². The quantitative estimate of drug-likeness (QED) is 0.248. The van der Waals surface area contributed by atoms with Crippen LogP contribution >= 0.6 is 0 Å². The number of rotatable bonds is 3. The fourth-order valence-electron chi connectivity index (χ4n) is 0.384. The van der Waals surface area contributed by atoms with Gasteiger partial charge in [0.1, 0.15) is 0 Å². The van der Waals surface area contributed by atoms with E-state index in [1.807, 2.05) is 6.92 Å². The Hall–Kier alpha value is -0.114. The fourth-order valence-corrected chi connectivity index (χ4v) is 0.384. The van der Waals surface area contributed by atoms with E-state index in [2.05, 4.69) is 11.6 Å². The summed E-state index contributed by atoms with van der Waals surface area (Å²) in [7, 11) is 0. The molecule has 0 radical (unpaired) electrons. The Morgan fingerprint density at radius 1 is 2.00 bits per heavy atom. The molecule has 0 aliphatic carbocycles. The topological polar surface area (TPSA) is 29.4 Å². The Morgan fingerprint density at radius 2 is 2.56 bits per heavy atom. The summed E-state index contributed by atoms with van der Waals surface area (Å²) in [6.07, 6.45) is 3.95. The molecule has 1 unspecified atom stereocenters. The molecule has 0 amide bonds. The molecule has 1 atom stereocenters. The van der Waals surface area contributed by atoms with Crippen molar-refractivity contribution in [1.29, 1.82) is 0 Å². The predicted molar refractivity (Wildman–Crippen MR) is 40.4 cm³/mol. The van der Waals surface area contributed by atoms with Gasteiger partial charge in [-0.3, -0.25) is 0 Å². The first-order valence-electron chi connectivity index (χ1n) is 2.49. The van der Waals surface area contributed by atoms with E-state index in [0.29, 0.717) is 0 Å². The van der Waals surface area contributed by atoms with Crippen molar-refractivity contribution in [2.75, 3.05) is 0 Å². The molecule has 0 saturated carbocycles. The SMILES string of the molecule is C=CCC(C)N=C=O.[H-].[H-].[Mg+2]. The van der Waals surface area contributed by atoms with Crippen LogP contribution in [0.1, 0.15) is 16.2 Å². The van der Waals surface area contributed by atoms with Crippen molar-refractivity contribution >= 4 is 29.1 Å². The van der Waals surface area contributed by atoms with Crippen LogP contribution < -0.4 is 0 Å². The Bertz CT molecular complexity index is 126. The normalized spacial score (nSPS) is 10.3. The average molecular weight is 137 g/mol. The van der Waals surface area contributed by atoms with E-state index in [-0.39, 0.29) is 31.9 Å². The average Bonchev–Trinajstić information content (AvgIpc) is 1.68. The molecule has 0 spiro atoms. The molecular weight excluding hydrogens is 126 g/mol. The van der Waals surface area contributed by atoms with Crippen LogP contribution in [0.4, 0.5) is 0 Å². The molecule has 0 saturated heterocycles. The zero-order valence-electron chi connectivity index (χ0n) is 7.63. The molecule has 0 aliphatic heterocycles. The zero-order valence-corrected chi connectivity index (χ0v) is 7.05. The van der Waals surface area contributed by atoms with E-state index in [0.717, 1.165) is 6.42 Å². The summed E-state index contributed by atoms with van der Waals surface area (Å²) in [4.78, 5) is 13.0. The van der Waals surface area contributed by atoms with Crippen LogP contribution in [0.25, 0.3) is 0 Å². The van der Waals surface area contributed by atoms with Gasteiger partial charge in [0.15, 0.2) is 0 Å². The zero-order chi connectivity index (χ0) is 6.41. The molecule has 3 heteroatoms. The van der Waals surface area contributed by atoms with Gasteiger partial charge in [0, 0.05) is 0 Å². The van der Waals surface area contributed by atoms with E-state index >= 15 is 0 Å². The summed E-state index contributed by atoms with van der Waals surface area (Å²) in [6, 6.07) is 0.0463. The summed E-state index contributed by atoms with van der Waals surface area (Å²) in [5, 5.41) is 0. The minimum absolute atomic E-state index is 0. The third-order valence-electron chi connectivity index (χ3n) is 0.781. The van der Waals surface area contributed by atoms with Crippen LogP contribution in [0.15, 0.2) is 17.6 Å². The number of hydrogen-bond donors (Lipinski definition) is 0. The van der Waals surface area contributed by atoms with E-state index in [1.54, 1.807) is 6.08 Å². The van der Waals surface area contributed by atoms with Crippen molar-refractivity contribution in [3.05, 3.63) is 12.7 Å². The largest absolute Gasteiger partial charge is 2.00 e. The van der Waals surface area contributed by atoms with Crippen molar-refractivity contribution in [3.63, 3.8) is 0 Å². The minimum Gasteiger partial charge on any atom is -1.00 e. The van der Waals surface area contributed by atoms with Crippen LogP contribution in [0, 0.1) is 0 Å². The Morgan fingerprint density at radius 3 is 2.89 bits per heavy atom. The van der Waals surface area contributed by atoms with Gasteiger partial charge in [-0.15, -0.1) is 6.58 Å². The van der Waals surface area contributed by atoms with Crippen molar-refractivity contribution in [2.24, 2.45) is 4.99 Å². The Kier molecular flexibility index (Phi) is 10.2. The summed E-state index contributed by atoms with van der Waals surface area (Å²) in [5.41, 5.74) is 0. The van der Waals surface area contributed by atoms with Crippen molar-refractivity contribution in [3.8, 4) is 0 Å². The van der Waals surface area contributed by atoms with Crippen molar-refractivity contribution in [2.45, 2.75) is 19.4 Å². The monoisotopic (exact) mass is 137 g/mol. The molecule has 9 heavy (non-hydrogen) atoms. The van der Waals surface area contributed by atoms with E-state index < -0.39 is 0 Å². The standard InChI is InChI=1S/C6H9NO.Mg.2H/c1-3-4-6(2)7-5-8;;;/h3,6H,1,4H2,2H3;;;/q;+2;2*-1. The minimum atomic E-state index is 0. The second-order valence-electron chi connectivity index (χ2n) is 1.59. The molecule has 0 heterocycles. The van der Waals surface area contributed by atoms with Gasteiger partial charge < -0.3 is 2.85 Å². The summed E-state index contributed by atoms with van der Waals surface area (Å²) in [6.45, 7) is 5.33. The Balaban J connectivity index is -0.0000000817. The number of nitrogens with zero attached hydrogens (tertiary/aromatic N) is 1. The fraction of sp³-hybridized carbons (Fsp3) is 0.500. The number of aliphatic imine (C=N–C) groups is 1. The van der Waals surface area contributed by atoms with Gasteiger partial charge in [-0.05, 0) is 13.3 Å². The molecule has 0 aliphatic rings. The number of carbonyl (C=O) groups excluding carboxylic acids is 1. The van der Waals surface area contributed by atoms with Gasteiger partial charge in [0.2, 0.25) is 6.08 Å². The molecule has 48 valence electrons. The molecule has 0 bridgehead atoms. The molecule has 0 aromatic heterocycles. The third-order valence-corrected chi connectivity index (χ3v) is 0.781. The predicted octanol–water partition coefficient (Wildman–Crippen LogP) is 1.13. The molecule has 0 rings (SSSR count). The smallest absolute Gasteiger partial charge is 1.00 e. The van der Waals surface area contributed by atoms with E-state index in [1.165, 1.54) is 6.08 Å². The second-order valence-corrected chi connectivity index (χ2v) is 1.59. The summed E-state index contributed by atoms with van der Waals surface area (Å²) in [5.74, 6) is 0. The maximum atomic E-state index is 9.56. The molecular formula is C6H11MgNO. The van der Waals surface area contributed by atoms with Crippen LogP contribution in [0.5, 0.6) is 0 Å².